The third-order valence-corrected chi connectivity index (χ3v) is 3.23. The highest BCUT2D eigenvalue weighted by atomic mass is 14.9. The van der Waals surface area contributed by atoms with Crippen LogP contribution >= 0.6 is 0 Å². The van der Waals surface area contributed by atoms with Crippen molar-refractivity contribution in [1.82, 2.24) is 9.97 Å². The van der Waals surface area contributed by atoms with Gasteiger partial charge in [0.05, 0.1) is 11.9 Å². The molecule has 18 heavy (non-hydrogen) atoms. The summed E-state index contributed by atoms with van der Waals surface area (Å²) in [6.45, 7) is 2.25. The average Bonchev–Trinajstić information content (AvgIpc) is 2.88. The first-order chi connectivity index (χ1) is 8.90. The second-order valence-electron chi connectivity index (χ2n) is 4.77. The number of nitrogens with zero attached hydrogens (tertiary/aromatic N) is 1. The average molecular weight is 242 g/mol. The van der Waals surface area contributed by atoms with E-state index in [1.54, 1.807) is 0 Å². The molecule has 0 atom stereocenters. The van der Waals surface area contributed by atoms with Gasteiger partial charge in [-0.3, -0.25) is 0 Å². The van der Waals surface area contributed by atoms with Crippen molar-refractivity contribution in [2.24, 2.45) is 0 Å². The minimum atomic E-state index is 1.07. The van der Waals surface area contributed by atoms with Gasteiger partial charge >= 0.3 is 0 Å². The highest BCUT2D eigenvalue weighted by Crippen LogP contribution is 2.17. The van der Waals surface area contributed by atoms with E-state index in [0.717, 1.165) is 17.9 Å². The smallest absolute Gasteiger partial charge is 0.106 e. The first-order valence-corrected chi connectivity index (χ1v) is 6.99. The summed E-state index contributed by atoms with van der Waals surface area (Å²) in [5.41, 5.74) is 2.33. The van der Waals surface area contributed by atoms with Crippen molar-refractivity contribution in [1.29, 1.82) is 0 Å². The van der Waals surface area contributed by atoms with Gasteiger partial charge in [-0.25, -0.2) is 4.98 Å². The summed E-state index contributed by atoms with van der Waals surface area (Å²) in [6.07, 6.45) is 9.57. The largest absolute Gasteiger partial charge is 0.342 e. The fraction of sp³-hybridized carbons (Fsp3) is 0.438. The molecule has 2 nitrogen and oxygen atoms in total. The fourth-order valence-electron chi connectivity index (χ4n) is 2.15. The van der Waals surface area contributed by atoms with Crippen LogP contribution in [0, 0.1) is 0 Å². The van der Waals surface area contributed by atoms with Crippen molar-refractivity contribution in [2.75, 3.05) is 0 Å². The van der Waals surface area contributed by atoms with Crippen LogP contribution in [-0.4, -0.2) is 9.97 Å². The number of aryl methyl sites for hydroxylation is 1. The van der Waals surface area contributed by atoms with Crippen LogP contribution in [0.3, 0.4) is 0 Å². The fourth-order valence-corrected chi connectivity index (χ4v) is 2.15. The van der Waals surface area contributed by atoms with Gasteiger partial charge in [0.25, 0.3) is 0 Å². The summed E-state index contributed by atoms with van der Waals surface area (Å²) in [4.78, 5) is 7.86. The van der Waals surface area contributed by atoms with Gasteiger partial charge in [0, 0.05) is 6.42 Å². The normalized spacial score (nSPS) is 10.7. The molecule has 1 heterocycles. The molecule has 0 aliphatic carbocycles. The molecule has 0 bridgehead atoms. The van der Waals surface area contributed by atoms with E-state index in [2.05, 4.69) is 41.2 Å². The maximum Gasteiger partial charge on any atom is 0.106 e. The number of nitrogens with one attached hydrogen (secondary N) is 1. The Hall–Kier alpha value is -1.57. The Balaban J connectivity index is 1.83. The molecule has 2 rings (SSSR count). The Morgan fingerprint density at radius 2 is 1.78 bits per heavy atom. The van der Waals surface area contributed by atoms with Crippen LogP contribution < -0.4 is 0 Å². The number of unbranched alkanes of at least 4 members (excludes halogenated alkanes) is 4. The quantitative estimate of drug-likeness (QED) is 0.707. The number of hydrogen-bond acceptors (Lipinski definition) is 1. The van der Waals surface area contributed by atoms with Crippen molar-refractivity contribution in [3.05, 3.63) is 42.4 Å². The summed E-state index contributed by atoms with van der Waals surface area (Å²) in [5.74, 6) is 1.12. The molecule has 2 heteroatoms. The van der Waals surface area contributed by atoms with Crippen molar-refractivity contribution in [3.8, 4) is 11.3 Å². The minimum Gasteiger partial charge on any atom is -0.342 e. The second kappa shape index (κ2) is 7.00. The van der Waals surface area contributed by atoms with Crippen LogP contribution in [0.25, 0.3) is 11.3 Å². The monoisotopic (exact) mass is 242 g/mol. The number of H-pyrrole nitrogens is 1. The Morgan fingerprint density at radius 1 is 1.00 bits per heavy atom. The molecule has 0 saturated heterocycles. The summed E-state index contributed by atoms with van der Waals surface area (Å²) >= 11 is 0. The Labute approximate surface area is 109 Å². The summed E-state index contributed by atoms with van der Waals surface area (Å²) in [6, 6.07) is 10.4. The predicted octanol–water partition coefficient (Wildman–Crippen LogP) is 4.59. The van der Waals surface area contributed by atoms with Gasteiger partial charge < -0.3 is 4.98 Å². The van der Waals surface area contributed by atoms with Gasteiger partial charge in [-0.15, -0.1) is 0 Å². The van der Waals surface area contributed by atoms with Crippen LogP contribution in [0.2, 0.25) is 0 Å². The minimum absolute atomic E-state index is 1.07. The van der Waals surface area contributed by atoms with E-state index in [4.69, 9.17) is 0 Å². The van der Waals surface area contributed by atoms with E-state index in [1.807, 2.05) is 12.3 Å². The van der Waals surface area contributed by atoms with Gasteiger partial charge in [0.1, 0.15) is 5.82 Å². The Morgan fingerprint density at radius 3 is 2.56 bits per heavy atom. The molecule has 0 unspecified atom stereocenters. The lowest BCUT2D eigenvalue weighted by Crippen LogP contribution is -1.88. The van der Waals surface area contributed by atoms with Crippen LogP contribution in [0.1, 0.15) is 44.9 Å². The maximum atomic E-state index is 4.45. The number of benzene rings is 1. The molecule has 0 amide bonds. The molecule has 2 aromatic rings. The van der Waals surface area contributed by atoms with Crippen molar-refractivity contribution in [3.63, 3.8) is 0 Å². The van der Waals surface area contributed by atoms with Gasteiger partial charge in [0.15, 0.2) is 0 Å². The first-order valence-electron chi connectivity index (χ1n) is 6.99. The highest BCUT2D eigenvalue weighted by Gasteiger charge is 2.02. The van der Waals surface area contributed by atoms with Gasteiger partial charge in [-0.2, -0.15) is 0 Å². The first kappa shape index (κ1) is 12.9. The third kappa shape index (κ3) is 3.73. The molecule has 0 aliphatic rings. The lowest BCUT2D eigenvalue weighted by molar-refractivity contribution is 0.624. The van der Waals surface area contributed by atoms with Gasteiger partial charge in [-0.05, 0) is 12.0 Å². The molecule has 0 spiro atoms. The molecule has 0 radical (unpaired) electrons. The molecule has 0 saturated carbocycles. The zero-order valence-corrected chi connectivity index (χ0v) is 11.2. The zero-order valence-electron chi connectivity index (χ0n) is 11.2. The maximum absolute atomic E-state index is 4.45. The van der Waals surface area contributed by atoms with Crippen LogP contribution in [0.15, 0.2) is 36.5 Å². The second-order valence-corrected chi connectivity index (χ2v) is 4.77. The van der Waals surface area contributed by atoms with E-state index < -0.39 is 0 Å². The molecular formula is C16H22N2. The van der Waals surface area contributed by atoms with E-state index >= 15 is 0 Å². The van der Waals surface area contributed by atoms with Crippen molar-refractivity contribution >= 4 is 0 Å². The van der Waals surface area contributed by atoms with Gasteiger partial charge in [0.2, 0.25) is 0 Å². The number of aromatic amines is 1. The lowest BCUT2D eigenvalue weighted by Gasteiger charge is -1.98. The summed E-state index contributed by atoms with van der Waals surface area (Å²) < 4.78 is 0. The van der Waals surface area contributed by atoms with Crippen LogP contribution in [-0.2, 0) is 6.42 Å². The number of rotatable bonds is 7. The third-order valence-electron chi connectivity index (χ3n) is 3.23. The van der Waals surface area contributed by atoms with Crippen LogP contribution in [0.4, 0.5) is 0 Å². The topological polar surface area (TPSA) is 28.7 Å². The van der Waals surface area contributed by atoms with E-state index in [-0.39, 0.29) is 0 Å². The lowest BCUT2D eigenvalue weighted by atomic mass is 10.1. The number of hydrogen-bond donors (Lipinski definition) is 1. The summed E-state index contributed by atoms with van der Waals surface area (Å²) in [7, 11) is 0. The zero-order chi connectivity index (χ0) is 12.6. The molecule has 1 aromatic carbocycles. The number of imidazole rings is 1. The van der Waals surface area contributed by atoms with Crippen LogP contribution in [0.5, 0.6) is 0 Å². The summed E-state index contributed by atoms with van der Waals surface area (Å²) in [5, 5.41) is 0. The predicted molar refractivity (Wildman–Crippen MR) is 76.5 cm³/mol. The van der Waals surface area contributed by atoms with Crippen molar-refractivity contribution in [2.45, 2.75) is 45.4 Å². The highest BCUT2D eigenvalue weighted by molar-refractivity contribution is 5.57. The molecular weight excluding hydrogens is 220 g/mol. The van der Waals surface area contributed by atoms with E-state index in [0.29, 0.717) is 0 Å². The number of aromatic nitrogens is 2. The standard InChI is InChI=1S/C16H22N2/c1-2-3-4-5-9-12-16-17-13-15(18-16)14-10-7-6-8-11-14/h6-8,10-11,13H,2-5,9,12H2,1H3,(H,17,18). The SMILES string of the molecule is CCCCCCCc1ncc(-c2ccccc2)[nH]1. The Kier molecular flexibility index (Phi) is 5.00. The molecule has 1 N–H and O–H groups in total. The molecule has 0 aliphatic heterocycles. The molecule has 96 valence electrons. The van der Waals surface area contributed by atoms with Gasteiger partial charge in [-0.1, -0.05) is 62.9 Å². The van der Waals surface area contributed by atoms with Crippen molar-refractivity contribution < 1.29 is 0 Å². The molecule has 0 fully saturated rings. The van der Waals surface area contributed by atoms with E-state index in [1.165, 1.54) is 37.7 Å². The molecule has 1 aromatic heterocycles. The Bertz CT molecular complexity index is 445. The van der Waals surface area contributed by atoms with E-state index in [9.17, 15) is 0 Å².